The van der Waals surface area contributed by atoms with Crippen LogP contribution in [0.1, 0.15) is 49.2 Å². The van der Waals surface area contributed by atoms with Crippen molar-refractivity contribution in [3.8, 4) is 11.8 Å². The Labute approximate surface area is 190 Å². The van der Waals surface area contributed by atoms with E-state index in [-0.39, 0.29) is 35.7 Å². The second-order valence-electron chi connectivity index (χ2n) is 7.18. The molecule has 1 N–H and O–H groups in total. The van der Waals surface area contributed by atoms with Crippen LogP contribution in [0.25, 0.3) is 0 Å². The van der Waals surface area contributed by atoms with Gasteiger partial charge in [0.05, 0.1) is 17.3 Å². The second kappa shape index (κ2) is 11.8. The molecule has 0 saturated heterocycles. The second-order valence-corrected chi connectivity index (χ2v) is 7.52. The Morgan fingerprint density at radius 3 is 2.07 bits per heavy atom. The maximum atomic E-state index is 13.0. The number of benzene rings is 2. The van der Waals surface area contributed by atoms with Crippen LogP contribution in [0, 0.1) is 11.8 Å². The summed E-state index contributed by atoms with van der Waals surface area (Å²) in [6.45, 7) is 7.57. The molecule has 0 aliphatic heterocycles. The topological polar surface area (TPSA) is 41.8 Å². The molecule has 0 spiro atoms. The lowest BCUT2D eigenvalue weighted by Gasteiger charge is -2.32. The van der Waals surface area contributed by atoms with Crippen molar-refractivity contribution in [2.24, 2.45) is 0 Å². The molecule has 0 heterocycles. The number of carbonyl (C=O) groups is 2. The monoisotopic (exact) mass is 454 g/mol. The largest absolute Gasteiger partial charge is 1.00 e. The molecule has 0 fully saturated rings. The maximum Gasteiger partial charge on any atom is 0.370 e. The van der Waals surface area contributed by atoms with Crippen LogP contribution in [0.15, 0.2) is 54.6 Å². The summed E-state index contributed by atoms with van der Waals surface area (Å²) in [5.74, 6) is 4.37. The molecule has 2 aromatic carbocycles. The van der Waals surface area contributed by atoms with Gasteiger partial charge in [-0.1, -0.05) is 47.7 Å². The number of hydrogen-bond acceptors (Lipinski definition) is 2. The quantitative estimate of drug-likeness (QED) is 0.406. The number of rotatable bonds is 2. The molecular formula is C22H25Cl3N2O2. The van der Waals surface area contributed by atoms with Gasteiger partial charge >= 0.3 is 11.8 Å². The van der Waals surface area contributed by atoms with E-state index < -0.39 is 11.4 Å². The summed E-state index contributed by atoms with van der Waals surface area (Å²) in [7, 11) is 0. The lowest BCUT2D eigenvalue weighted by Crippen LogP contribution is -3.25. The summed E-state index contributed by atoms with van der Waals surface area (Å²) in [5, 5.41) is 0.195. The normalized spacial score (nSPS) is 11.1. The van der Waals surface area contributed by atoms with Gasteiger partial charge in [-0.15, -0.1) is 17.4 Å². The standard InChI is InChI=1S/C22H23ClN2O2.2ClH/c1-5-17-11-14-19(15-12-17)21(27)24(22(2,3)4)25(23)20(26)16-13-18-9-7-6-8-10-18;;/h6-12,14-15H,5H2,1-4H3;2*1H. The van der Waals surface area contributed by atoms with Crippen LogP contribution in [0.4, 0.5) is 0 Å². The number of carbonyl (C=O) groups excluding carboxylic acids is 2. The Balaban J connectivity index is 0.00000392. The molecule has 156 valence electrons. The molecule has 2 amide bonds. The van der Waals surface area contributed by atoms with E-state index in [1.165, 1.54) is 0 Å². The smallest absolute Gasteiger partial charge is 0.370 e. The summed E-state index contributed by atoms with van der Waals surface area (Å²) in [4.78, 5) is 25.5. The third kappa shape index (κ3) is 7.38. The van der Waals surface area contributed by atoms with Gasteiger partial charge in [-0.25, -0.2) is 4.79 Å². The number of hydrogen-bond donors (Lipinski definition) is 1. The van der Waals surface area contributed by atoms with Crippen LogP contribution < -0.4 is 17.4 Å². The van der Waals surface area contributed by atoms with Crippen molar-refractivity contribution in [3.63, 3.8) is 0 Å². The van der Waals surface area contributed by atoms with Gasteiger partial charge in [0, 0.05) is 11.5 Å². The predicted molar refractivity (Wildman–Crippen MR) is 114 cm³/mol. The summed E-state index contributed by atoms with van der Waals surface area (Å²) >= 11 is 6.27. The van der Waals surface area contributed by atoms with E-state index in [9.17, 15) is 9.59 Å². The number of nitrogens with one attached hydrogen (secondary N) is 1. The van der Waals surface area contributed by atoms with Crippen LogP contribution in [0.3, 0.4) is 0 Å². The molecule has 0 saturated carbocycles. The predicted octanol–water partition coefficient (Wildman–Crippen LogP) is 0.448. The zero-order valence-electron chi connectivity index (χ0n) is 16.8. The van der Waals surface area contributed by atoms with E-state index >= 15 is 0 Å². The lowest BCUT2D eigenvalue weighted by molar-refractivity contribution is -0.951. The fourth-order valence-electron chi connectivity index (χ4n) is 2.55. The first-order valence-corrected chi connectivity index (χ1v) is 9.16. The molecule has 0 radical (unpaired) electrons. The van der Waals surface area contributed by atoms with Gasteiger partial charge in [0.25, 0.3) is 0 Å². The zero-order valence-corrected chi connectivity index (χ0v) is 19.2. The SMILES string of the molecule is CCc1ccc(C(=O)[NH+](N(Cl)C(=O)C#Cc2ccccc2)C(C)(C)C)cc1.Cl.[Cl-]. The van der Waals surface area contributed by atoms with Gasteiger partial charge in [0.2, 0.25) is 0 Å². The fourth-order valence-corrected chi connectivity index (χ4v) is 2.92. The number of quaternary nitrogens is 1. The van der Waals surface area contributed by atoms with E-state index in [0.29, 0.717) is 11.1 Å². The number of nitrogens with zero attached hydrogens (tertiary/aromatic N) is 1. The van der Waals surface area contributed by atoms with Crippen LogP contribution in [0.2, 0.25) is 0 Å². The third-order valence-corrected chi connectivity index (χ3v) is 4.33. The van der Waals surface area contributed by atoms with Crippen molar-refractivity contribution >= 4 is 36.0 Å². The number of amides is 2. The fraction of sp³-hybridized carbons (Fsp3) is 0.273. The summed E-state index contributed by atoms with van der Waals surface area (Å²) in [6.07, 6.45) is 0.888. The lowest BCUT2D eigenvalue weighted by atomic mass is 10.0. The van der Waals surface area contributed by atoms with E-state index in [0.717, 1.165) is 16.5 Å². The van der Waals surface area contributed by atoms with Crippen LogP contribution >= 0.6 is 24.2 Å². The number of halogens is 3. The van der Waals surface area contributed by atoms with E-state index in [1.54, 1.807) is 24.3 Å². The van der Waals surface area contributed by atoms with Gasteiger partial charge in [-0.3, -0.25) is 4.79 Å². The molecule has 29 heavy (non-hydrogen) atoms. The Morgan fingerprint density at radius 2 is 1.59 bits per heavy atom. The highest BCUT2D eigenvalue weighted by atomic mass is 35.5. The molecule has 4 nitrogen and oxygen atoms in total. The summed E-state index contributed by atoms with van der Waals surface area (Å²) in [5.41, 5.74) is 1.70. The molecule has 0 aromatic heterocycles. The van der Waals surface area contributed by atoms with Crippen molar-refractivity contribution in [1.82, 2.24) is 4.53 Å². The first-order valence-electron chi connectivity index (χ1n) is 8.82. The first kappa shape index (κ1) is 27.0. The van der Waals surface area contributed by atoms with Crippen molar-refractivity contribution in [1.29, 1.82) is 0 Å². The molecular weight excluding hydrogens is 431 g/mol. The third-order valence-electron chi connectivity index (χ3n) is 4.01. The highest BCUT2D eigenvalue weighted by Gasteiger charge is 2.41. The van der Waals surface area contributed by atoms with Crippen molar-refractivity contribution in [2.75, 3.05) is 0 Å². The van der Waals surface area contributed by atoms with Crippen molar-refractivity contribution in [3.05, 3.63) is 71.3 Å². The molecule has 2 aromatic rings. The van der Waals surface area contributed by atoms with Gasteiger partial charge in [0.15, 0.2) is 0 Å². The van der Waals surface area contributed by atoms with Crippen LogP contribution in [0.5, 0.6) is 0 Å². The first-order chi connectivity index (χ1) is 12.7. The highest BCUT2D eigenvalue weighted by Crippen LogP contribution is 2.07. The molecule has 2 rings (SSSR count). The van der Waals surface area contributed by atoms with E-state index in [1.807, 2.05) is 58.0 Å². The average molecular weight is 456 g/mol. The molecule has 0 aliphatic rings. The number of aryl methyl sites for hydroxylation is 1. The molecule has 0 aliphatic carbocycles. The van der Waals surface area contributed by atoms with E-state index in [4.69, 9.17) is 11.8 Å². The van der Waals surface area contributed by atoms with Gasteiger partial charge in [0.1, 0.15) is 5.54 Å². The van der Waals surface area contributed by atoms with Crippen molar-refractivity contribution in [2.45, 2.75) is 39.7 Å². The molecule has 0 bridgehead atoms. The molecule has 1 unspecified atom stereocenters. The zero-order chi connectivity index (χ0) is 20.0. The summed E-state index contributed by atoms with van der Waals surface area (Å²) in [6, 6.07) is 16.5. The average Bonchev–Trinajstić information content (AvgIpc) is 2.65. The maximum absolute atomic E-state index is 13.0. The van der Waals surface area contributed by atoms with Crippen LogP contribution in [-0.4, -0.2) is 21.9 Å². The minimum Gasteiger partial charge on any atom is -1.00 e. The van der Waals surface area contributed by atoms with Gasteiger partial charge in [-0.05, 0) is 57.0 Å². The van der Waals surface area contributed by atoms with Crippen molar-refractivity contribution < 1.29 is 27.0 Å². The molecule has 7 heteroatoms. The Kier molecular flexibility index (Phi) is 11.0. The summed E-state index contributed by atoms with van der Waals surface area (Å²) < 4.78 is 0.853. The Morgan fingerprint density at radius 1 is 1.03 bits per heavy atom. The minimum absolute atomic E-state index is 0. The molecule has 1 atom stereocenters. The van der Waals surface area contributed by atoms with Crippen LogP contribution in [-0.2, 0) is 11.2 Å². The highest BCUT2D eigenvalue weighted by molar-refractivity contribution is 6.23. The van der Waals surface area contributed by atoms with Gasteiger partial charge in [-0.2, -0.15) is 0 Å². The van der Waals surface area contributed by atoms with Gasteiger partial charge < -0.3 is 12.4 Å². The Bertz CT molecular complexity index is 867. The minimum atomic E-state index is -0.635. The van der Waals surface area contributed by atoms with E-state index in [2.05, 4.69) is 11.8 Å². The Hall–Kier alpha value is -2.03.